The summed E-state index contributed by atoms with van der Waals surface area (Å²) in [6, 6.07) is 2.88. The maximum Gasteiger partial charge on any atom is 0.248 e. The number of hydrogen-bond acceptors (Lipinski definition) is 3. The number of rotatable bonds is 3. The summed E-state index contributed by atoms with van der Waals surface area (Å²) < 4.78 is 53.3. The summed E-state index contributed by atoms with van der Waals surface area (Å²) >= 11 is 0. The average Bonchev–Trinajstić information content (AvgIpc) is 2.38. The van der Waals surface area contributed by atoms with Crippen molar-refractivity contribution >= 4 is 22.4 Å². The standard InChI is InChI=1S/C13H18F2N2O2S.ClH/c1-9(16)10-4-3-7-17(8-10)20(18,19)13-11(14)5-2-6-12(13)15;/h2,5-6,9-10H,3-4,7-8,16H2,1H3;1H. The largest absolute Gasteiger partial charge is 0.328 e. The van der Waals surface area contributed by atoms with E-state index in [4.69, 9.17) is 5.73 Å². The summed E-state index contributed by atoms with van der Waals surface area (Å²) in [6.45, 7) is 2.28. The second kappa shape index (κ2) is 7.00. The highest BCUT2D eigenvalue weighted by atomic mass is 35.5. The van der Waals surface area contributed by atoms with Gasteiger partial charge in [0.25, 0.3) is 0 Å². The molecule has 1 fully saturated rings. The summed E-state index contributed by atoms with van der Waals surface area (Å²) in [5, 5.41) is 0. The van der Waals surface area contributed by atoms with Crippen LogP contribution in [0.1, 0.15) is 19.8 Å². The molecule has 0 aliphatic carbocycles. The van der Waals surface area contributed by atoms with Gasteiger partial charge in [0.15, 0.2) is 4.90 Å². The van der Waals surface area contributed by atoms with E-state index in [0.29, 0.717) is 6.42 Å². The van der Waals surface area contributed by atoms with E-state index >= 15 is 0 Å². The van der Waals surface area contributed by atoms with Gasteiger partial charge < -0.3 is 5.73 Å². The fourth-order valence-electron chi connectivity index (χ4n) is 2.48. The number of piperidine rings is 1. The van der Waals surface area contributed by atoms with E-state index in [0.717, 1.165) is 28.9 Å². The normalized spacial score (nSPS) is 21.6. The predicted octanol–water partition coefficient (Wildman–Crippen LogP) is 2.13. The molecule has 0 bridgehead atoms. The summed E-state index contributed by atoms with van der Waals surface area (Å²) in [6.07, 6.45) is 1.46. The lowest BCUT2D eigenvalue weighted by Crippen LogP contribution is -2.45. The van der Waals surface area contributed by atoms with Crippen LogP contribution in [0.5, 0.6) is 0 Å². The van der Waals surface area contributed by atoms with Crippen LogP contribution in [0, 0.1) is 17.6 Å². The van der Waals surface area contributed by atoms with Gasteiger partial charge in [-0.25, -0.2) is 17.2 Å². The number of nitrogens with two attached hydrogens (primary N) is 1. The number of nitrogens with zero attached hydrogens (tertiary/aromatic N) is 1. The summed E-state index contributed by atoms with van der Waals surface area (Å²) in [5.41, 5.74) is 5.80. The van der Waals surface area contributed by atoms with Gasteiger partial charge in [-0.3, -0.25) is 0 Å². The molecule has 21 heavy (non-hydrogen) atoms. The number of benzene rings is 1. The van der Waals surface area contributed by atoms with E-state index in [1.165, 1.54) is 0 Å². The first-order valence-electron chi connectivity index (χ1n) is 6.53. The van der Waals surface area contributed by atoms with Crippen LogP contribution in [-0.2, 0) is 10.0 Å². The Morgan fingerprint density at radius 3 is 2.43 bits per heavy atom. The molecule has 1 aliphatic rings. The summed E-state index contributed by atoms with van der Waals surface area (Å²) in [7, 11) is -4.16. The van der Waals surface area contributed by atoms with Crippen LogP contribution in [0.3, 0.4) is 0 Å². The molecule has 1 aromatic carbocycles. The van der Waals surface area contributed by atoms with E-state index in [9.17, 15) is 17.2 Å². The second-order valence-electron chi connectivity index (χ2n) is 5.18. The van der Waals surface area contributed by atoms with Gasteiger partial charge in [0, 0.05) is 19.1 Å². The van der Waals surface area contributed by atoms with Crippen LogP contribution in [0.25, 0.3) is 0 Å². The monoisotopic (exact) mass is 340 g/mol. The van der Waals surface area contributed by atoms with Crippen LogP contribution >= 0.6 is 12.4 Å². The molecule has 1 saturated heterocycles. The van der Waals surface area contributed by atoms with Gasteiger partial charge >= 0.3 is 0 Å². The van der Waals surface area contributed by atoms with Crippen molar-refractivity contribution in [1.29, 1.82) is 0 Å². The van der Waals surface area contributed by atoms with E-state index in [-0.39, 0.29) is 37.5 Å². The maximum atomic E-state index is 13.7. The van der Waals surface area contributed by atoms with Gasteiger partial charge in [-0.2, -0.15) is 4.31 Å². The van der Waals surface area contributed by atoms with Crippen molar-refractivity contribution < 1.29 is 17.2 Å². The Hall–Kier alpha value is -0.760. The van der Waals surface area contributed by atoms with Crippen molar-refractivity contribution in [1.82, 2.24) is 4.31 Å². The van der Waals surface area contributed by atoms with Crippen LogP contribution < -0.4 is 5.73 Å². The van der Waals surface area contributed by atoms with Crippen LogP contribution in [0.2, 0.25) is 0 Å². The Labute approximate surface area is 129 Å². The zero-order chi connectivity index (χ0) is 14.9. The summed E-state index contributed by atoms with van der Waals surface area (Å²) in [5.74, 6) is -2.12. The second-order valence-corrected chi connectivity index (χ2v) is 7.05. The Kier molecular flexibility index (Phi) is 6.10. The molecule has 1 aliphatic heterocycles. The molecule has 0 amide bonds. The van der Waals surface area contributed by atoms with E-state index < -0.39 is 26.6 Å². The Morgan fingerprint density at radius 1 is 1.33 bits per heavy atom. The molecular weight excluding hydrogens is 322 g/mol. The molecule has 1 heterocycles. The Morgan fingerprint density at radius 2 is 1.90 bits per heavy atom. The van der Waals surface area contributed by atoms with Crippen molar-refractivity contribution in [2.45, 2.75) is 30.7 Å². The molecule has 0 aromatic heterocycles. The predicted molar refractivity (Wildman–Crippen MR) is 78.7 cm³/mol. The van der Waals surface area contributed by atoms with Crippen molar-refractivity contribution in [2.75, 3.05) is 13.1 Å². The highest BCUT2D eigenvalue weighted by Crippen LogP contribution is 2.27. The number of sulfonamides is 1. The fraction of sp³-hybridized carbons (Fsp3) is 0.538. The highest BCUT2D eigenvalue weighted by molar-refractivity contribution is 7.89. The fourth-order valence-corrected chi connectivity index (χ4v) is 4.12. The van der Waals surface area contributed by atoms with Gasteiger partial charge in [-0.15, -0.1) is 12.4 Å². The average molecular weight is 341 g/mol. The minimum atomic E-state index is -4.16. The molecule has 1 aromatic rings. The zero-order valence-electron chi connectivity index (χ0n) is 11.6. The van der Waals surface area contributed by atoms with Gasteiger partial charge in [0.2, 0.25) is 10.0 Å². The topological polar surface area (TPSA) is 63.4 Å². The molecule has 2 unspecified atom stereocenters. The smallest absolute Gasteiger partial charge is 0.248 e. The molecule has 2 N–H and O–H groups in total. The lowest BCUT2D eigenvalue weighted by Gasteiger charge is -2.33. The minimum absolute atomic E-state index is 0. The van der Waals surface area contributed by atoms with Crippen LogP contribution in [-0.4, -0.2) is 31.9 Å². The number of halogens is 3. The molecule has 0 saturated carbocycles. The maximum absolute atomic E-state index is 13.7. The molecule has 8 heteroatoms. The summed E-state index contributed by atoms with van der Waals surface area (Å²) in [4.78, 5) is -0.870. The van der Waals surface area contributed by atoms with Gasteiger partial charge in [0.05, 0.1) is 0 Å². The SMILES string of the molecule is CC(N)C1CCCN(S(=O)(=O)c2c(F)cccc2F)C1.Cl. The van der Waals surface area contributed by atoms with Crippen molar-refractivity contribution in [3.8, 4) is 0 Å². The highest BCUT2D eigenvalue weighted by Gasteiger charge is 2.35. The molecule has 2 atom stereocenters. The van der Waals surface area contributed by atoms with Crippen molar-refractivity contribution in [3.05, 3.63) is 29.8 Å². The van der Waals surface area contributed by atoms with Crippen molar-refractivity contribution in [2.24, 2.45) is 11.7 Å². The third kappa shape index (κ3) is 3.71. The van der Waals surface area contributed by atoms with Gasteiger partial charge in [-0.1, -0.05) is 6.07 Å². The molecular formula is C13H19ClF2N2O2S. The first-order chi connectivity index (χ1) is 9.34. The Balaban J connectivity index is 0.00000220. The van der Waals surface area contributed by atoms with Gasteiger partial charge in [-0.05, 0) is 37.8 Å². The molecule has 120 valence electrons. The van der Waals surface area contributed by atoms with Gasteiger partial charge in [0.1, 0.15) is 11.6 Å². The quantitative estimate of drug-likeness (QED) is 0.916. The van der Waals surface area contributed by atoms with Crippen molar-refractivity contribution in [3.63, 3.8) is 0 Å². The van der Waals surface area contributed by atoms with Crippen LogP contribution in [0.4, 0.5) is 8.78 Å². The van der Waals surface area contributed by atoms with Crippen LogP contribution in [0.15, 0.2) is 23.1 Å². The zero-order valence-corrected chi connectivity index (χ0v) is 13.3. The first kappa shape index (κ1) is 18.3. The molecule has 0 spiro atoms. The minimum Gasteiger partial charge on any atom is -0.328 e. The lowest BCUT2D eigenvalue weighted by molar-refractivity contribution is 0.242. The third-order valence-corrected chi connectivity index (χ3v) is 5.60. The molecule has 4 nitrogen and oxygen atoms in total. The Bertz CT molecular complexity index is 576. The molecule has 0 radical (unpaired) electrons. The molecule has 2 rings (SSSR count). The van der Waals surface area contributed by atoms with E-state index in [1.54, 1.807) is 0 Å². The van der Waals surface area contributed by atoms with E-state index in [1.807, 2.05) is 6.92 Å². The third-order valence-electron chi connectivity index (χ3n) is 3.68. The lowest BCUT2D eigenvalue weighted by atomic mass is 9.93. The van der Waals surface area contributed by atoms with E-state index in [2.05, 4.69) is 0 Å². The number of hydrogen-bond donors (Lipinski definition) is 1. The first-order valence-corrected chi connectivity index (χ1v) is 7.98.